The highest BCUT2D eigenvalue weighted by Crippen LogP contribution is 2.66. The Morgan fingerprint density at radius 3 is 2.85 bits per heavy atom. The third kappa shape index (κ3) is 2.00. The minimum atomic E-state index is -0.289. The molecule has 26 heavy (non-hydrogen) atoms. The van der Waals surface area contributed by atoms with E-state index in [0.29, 0.717) is 35.9 Å². The molecule has 4 aliphatic carbocycles. The lowest BCUT2D eigenvalue weighted by atomic mass is 9.48. The van der Waals surface area contributed by atoms with Crippen molar-refractivity contribution in [3.8, 4) is 0 Å². The molecule has 138 valence electrons. The van der Waals surface area contributed by atoms with Crippen LogP contribution in [0.2, 0.25) is 0 Å². The Labute approximate surface area is 157 Å². The molecule has 1 heterocycles. The van der Waals surface area contributed by atoms with Crippen LogP contribution in [0.3, 0.4) is 0 Å². The smallest absolute Gasteiger partial charge is 0.155 e. The number of ketones is 1. The van der Waals surface area contributed by atoms with Crippen LogP contribution in [0.5, 0.6) is 0 Å². The van der Waals surface area contributed by atoms with Gasteiger partial charge in [0.2, 0.25) is 0 Å². The van der Waals surface area contributed by atoms with E-state index in [1.807, 2.05) is 6.08 Å². The van der Waals surface area contributed by atoms with E-state index in [9.17, 15) is 4.79 Å². The molecular weight excluding hydrogens is 320 g/mol. The molecule has 0 amide bonds. The summed E-state index contributed by atoms with van der Waals surface area (Å²) in [6.45, 7) is 12.3. The Hall–Kier alpha value is -1.41. The summed E-state index contributed by atoms with van der Waals surface area (Å²) in [5.74, 6) is 2.58. The molecule has 2 nitrogen and oxygen atoms in total. The van der Waals surface area contributed by atoms with Gasteiger partial charge in [0, 0.05) is 18.4 Å². The zero-order valence-electron chi connectivity index (χ0n) is 15.9. The Balaban J connectivity index is 1.53. The van der Waals surface area contributed by atoms with E-state index in [-0.39, 0.29) is 11.0 Å². The molecule has 6 atom stereocenters. The summed E-state index contributed by atoms with van der Waals surface area (Å²) >= 11 is 0. The van der Waals surface area contributed by atoms with Crippen LogP contribution in [0.15, 0.2) is 48.1 Å². The molecule has 2 heteroatoms. The summed E-state index contributed by atoms with van der Waals surface area (Å²) in [4.78, 5) is 11.9. The van der Waals surface area contributed by atoms with Crippen molar-refractivity contribution < 1.29 is 9.53 Å². The van der Waals surface area contributed by atoms with Gasteiger partial charge in [-0.25, -0.2) is 0 Å². The molecule has 5 aliphatic rings. The zero-order valence-corrected chi connectivity index (χ0v) is 15.9. The van der Waals surface area contributed by atoms with Crippen molar-refractivity contribution in [3.63, 3.8) is 0 Å². The molecule has 1 spiro atoms. The van der Waals surface area contributed by atoms with Crippen molar-refractivity contribution in [1.29, 1.82) is 0 Å². The number of allylic oxidation sites excluding steroid dienone is 4. The monoisotopic (exact) mass is 350 g/mol. The predicted octanol–water partition coefficient (Wildman–Crippen LogP) is 5.18. The van der Waals surface area contributed by atoms with Crippen molar-refractivity contribution in [2.45, 2.75) is 57.5 Å². The van der Waals surface area contributed by atoms with Gasteiger partial charge in [-0.15, -0.1) is 0 Å². The van der Waals surface area contributed by atoms with Gasteiger partial charge in [-0.05, 0) is 73.8 Å². The second-order valence-electron chi connectivity index (χ2n) is 9.49. The maximum atomic E-state index is 11.9. The van der Waals surface area contributed by atoms with Crippen LogP contribution in [0, 0.1) is 29.1 Å². The van der Waals surface area contributed by atoms with E-state index < -0.39 is 0 Å². The third-order valence-corrected chi connectivity index (χ3v) is 8.31. The highest BCUT2D eigenvalue weighted by Gasteiger charge is 2.63. The molecule has 0 radical (unpaired) electrons. The minimum absolute atomic E-state index is 0.0501. The number of rotatable bonds is 0. The third-order valence-electron chi connectivity index (χ3n) is 8.31. The van der Waals surface area contributed by atoms with Gasteiger partial charge in [0.05, 0.1) is 0 Å². The van der Waals surface area contributed by atoms with E-state index >= 15 is 0 Å². The van der Waals surface area contributed by atoms with Gasteiger partial charge in [-0.3, -0.25) is 4.79 Å². The maximum absolute atomic E-state index is 11.9. The summed E-state index contributed by atoms with van der Waals surface area (Å²) in [6, 6.07) is 0. The van der Waals surface area contributed by atoms with Gasteiger partial charge in [0.15, 0.2) is 5.78 Å². The summed E-state index contributed by atoms with van der Waals surface area (Å²) in [7, 11) is 0. The lowest BCUT2D eigenvalue weighted by Crippen LogP contribution is -2.56. The van der Waals surface area contributed by atoms with E-state index in [1.165, 1.54) is 23.1 Å². The van der Waals surface area contributed by atoms with Crippen LogP contribution in [-0.2, 0) is 9.53 Å². The predicted molar refractivity (Wildman–Crippen MR) is 104 cm³/mol. The van der Waals surface area contributed by atoms with Crippen LogP contribution < -0.4 is 0 Å². The first-order chi connectivity index (χ1) is 12.5. The fourth-order valence-electron chi connectivity index (χ4n) is 7.22. The molecule has 0 aromatic rings. The largest absolute Gasteiger partial charge is 0.366 e. The Morgan fingerprint density at radius 2 is 2.04 bits per heavy atom. The van der Waals surface area contributed by atoms with Crippen molar-refractivity contribution in [3.05, 3.63) is 48.1 Å². The standard InChI is InChI=1S/C24H30O2/c1-15-14-23(3)21(10-11-24(23)16(2)5-4-12-26-24)20-8-6-17-13-18(25)7-9-19(17)22(15)20/h10-11,13,19-22H,1-2,4-9,12,14H2,3H3/t19-,20-,21-,22+,23-,24?/m0/s1. The number of carbonyl (C=O) groups excluding carboxylic acids is 1. The summed E-state index contributed by atoms with van der Waals surface area (Å²) in [5.41, 5.74) is 3.82. The molecule has 2 saturated carbocycles. The first-order valence-corrected chi connectivity index (χ1v) is 10.4. The number of fused-ring (bicyclic) bond motifs is 6. The van der Waals surface area contributed by atoms with Crippen LogP contribution in [0.25, 0.3) is 0 Å². The highest BCUT2D eigenvalue weighted by molar-refractivity contribution is 5.91. The highest BCUT2D eigenvalue weighted by atomic mass is 16.5. The van der Waals surface area contributed by atoms with Gasteiger partial charge in [0.25, 0.3) is 0 Å². The van der Waals surface area contributed by atoms with Crippen LogP contribution in [-0.4, -0.2) is 18.0 Å². The second kappa shape index (κ2) is 5.55. The molecule has 1 unspecified atom stereocenters. The Kier molecular flexibility index (Phi) is 3.57. The quantitative estimate of drug-likeness (QED) is 0.563. The van der Waals surface area contributed by atoms with Gasteiger partial charge in [0.1, 0.15) is 5.60 Å². The van der Waals surface area contributed by atoms with Crippen molar-refractivity contribution in [1.82, 2.24) is 0 Å². The van der Waals surface area contributed by atoms with Crippen LogP contribution in [0.1, 0.15) is 51.9 Å². The molecule has 1 aliphatic heterocycles. The first kappa shape index (κ1) is 16.7. The Bertz CT molecular complexity index is 756. The van der Waals surface area contributed by atoms with Crippen LogP contribution in [0.4, 0.5) is 0 Å². The fourth-order valence-corrected chi connectivity index (χ4v) is 7.22. The van der Waals surface area contributed by atoms with E-state index in [0.717, 1.165) is 38.7 Å². The molecular formula is C24H30O2. The summed E-state index contributed by atoms with van der Waals surface area (Å²) in [5, 5.41) is 0. The lowest BCUT2D eigenvalue weighted by Gasteiger charge is -2.58. The second-order valence-corrected chi connectivity index (χ2v) is 9.49. The zero-order chi connectivity index (χ0) is 18.1. The molecule has 3 fully saturated rings. The first-order valence-electron chi connectivity index (χ1n) is 10.4. The SMILES string of the molecule is C=C1C[C@@]2(C)[C@@H](C=CC23OCCCC3=C)[C@@H]2CCC3=CC(=O)CC[C@@H]3[C@@H]12. The topological polar surface area (TPSA) is 26.3 Å². The number of hydrogen-bond acceptors (Lipinski definition) is 2. The number of hydrogen-bond donors (Lipinski definition) is 0. The normalized spacial score (nSPS) is 47.4. The maximum Gasteiger partial charge on any atom is 0.155 e. The average molecular weight is 351 g/mol. The van der Waals surface area contributed by atoms with E-state index in [4.69, 9.17) is 4.74 Å². The number of carbonyl (C=O) groups is 1. The lowest BCUT2D eigenvalue weighted by molar-refractivity contribution is -0.120. The molecule has 1 saturated heterocycles. The number of ether oxygens (including phenoxy) is 1. The van der Waals surface area contributed by atoms with Gasteiger partial charge < -0.3 is 4.74 Å². The van der Waals surface area contributed by atoms with Crippen LogP contribution >= 0.6 is 0 Å². The molecule has 0 aromatic carbocycles. The van der Waals surface area contributed by atoms with E-state index in [1.54, 1.807) is 0 Å². The fraction of sp³-hybridized carbons (Fsp3) is 0.625. The molecule has 0 bridgehead atoms. The average Bonchev–Trinajstić information content (AvgIpc) is 2.90. The summed E-state index contributed by atoms with van der Waals surface area (Å²) < 4.78 is 6.48. The van der Waals surface area contributed by atoms with Crippen molar-refractivity contribution >= 4 is 5.78 Å². The van der Waals surface area contributed by atoms with E-state index in [2.05, 4.69) is 32.2 Å². The van der Waals surface area contributed by atoms with Crippen molar-refractivity contribution in [2.24, 2.45) is 29.1 Å². The molecule has 5 rings (SSSR count). The van der Waals surface area contributed by atoms with Gasteiger partial charge in [-0.1, -0.05) is 43.4 Å². The summed E-state index contributed by atoms with van der Waals surface area (Å²) in [6.07, 6.45) is 13.9. The minimum Gasteiger partial charge on any atom is -0.366 e. The molecule has 0 aromatic heterocycles. The molecule has 0 N–H and O–H groups in total. The van der Waals surface area contributed by atoms with Gasteiger partial charge in [-0.2, -0.15) is 0 Å². The Morgan fingerprint density at radius 1 is 1.19 bits per heavy atom. The van der Waals surface area contributed by atoms with Gasteiger partial charge >= 0.3 is 0 Å². The van der Waals surface area contributed by atoms with Crippen molar-refractivity contribution in [2.75, 3.05) is 6.61 Å².